The highest BCUT2D eigenvalue weighted by Crippen LogP contribution is 2.14. The summed E-state index contributed by atoms with van der Waals surface area (Å²) in [5, 5.41) is 8.79. The standard InChI is InChI=1S/C21H25N3O3S/c22-17-19-7-9-21(10-8-19)27-16-4-11-23-12-14-24(15-13-23)28(25,26)18-20-5-2-1-3-6-20/h1-3,5-10H,4,11-16,18H2. The van der Waals surface area contributed by atoms with Crippen LogP contribution in [0, 0.1) is 11.3 Å². The number of hydrogen-bond acceptors (Lipinski definition) is 5. The van der Waals surface area contributed by atoms with E-state index in [0.29, 0.717) is 25.3 Å². The summed E-state index contributed by atoms with van der Waals surface area (Å²) in [6.45, 7) is 4.02. The van der Waals surface area contributed by atoms with Crippen molar-refractivity contribution in [2.75, 3.05) is 39.3 Å². The highest BCUT2D eigenvalue weighted by molar-refractivity contribution is 7.88. The van der Waals surface area contributed by atoms with Crippen molar-refractivity contribution in [2.24, 2.45) is 0 Å². The maximum atomic E-state index is 12.6. The molecule has 0 spiro atoms. The predicted octanol–water partition coefficient (Wildman–Crippen LogP) is 2.47. The van der Waals surface area contributed by atoms with Crippen LogP contribution in [0.15, 0.2) is 54.6 Å². The highest BCUT2D eigenvalue weighted by atomic mass is 32.2. The molecule has 1 fully saturated rings. The van der Waals surface area contributed by atoms with Gasteiger partial charge >= 0.3 is 0 Å². The molecule has 0 bridgehead atoms. The lowest BCUT2D eigenvalue weighted by atomic mass is 10.2. The van der Waals surface area contributed by atoms with E-state index in [9.17, 15) is 8.42 Å². The molecule has 0 amide bonds. The summed E-state index contributed by atoms with van der Waals surface area (Å²) in [6, 6.07) is 18.5. The average Bonchev–Trinajstić information content (AvgIpc) is 2.72. The molecule has 1 heterocycles. The monoisotopic (exact) mass is 399 g/mol. The molecule has 2 aromatic rings. The van der Waals surface area contributed by atoms with E-state index < -0.39 is 10.0 Å². The van der Waals surface area contributed by atoms with Crippen molar-refractivity contribution in [1.82, 2.24) is 9.21 Å². The second-order valence-corrected chi connectivity index (χ2v) is 8.79. The zero-order valence-electron chi connectivity index (χ0n) is 15.8. The molecular formula is C21H25N3O3S. The average molecular weight is 400 g/mol. The van der Waals surface area contributed by atoms with Crippen LogP contribution in [0.4, 0.5) is 0 Å². The first-order valence-electron chi connectivity index (χ1n) is 9.44. The normalized spacial score (nSPS) is 15.8. The van der Waals surface area contributed by atoms with E-state index in [1.165, 1.54) is 0 Å². The molecule has 3 rings (SSSR count). The molecule has 0 aliphatic carbocycles. The summed E-state index contributed by atoms with van der Waals surface area (Å²) in [6.07, 6.45) is 0.872. The van der Waals surface area contributed by atoms with Gasteiger partial charge in [-0.15, -0.1) is 0 Å². The van der Waals surface area contributed by atoms with Crippen molar-refractivity contribution >= 4 is 10.0 Å². The number of ether oxygens (including phenoxy) is 1. The van der Waals surface area contributed by atoms with Crippen molar-refractivity contribution in [3.8, 4) is 11.8 Å². The molecule has 0 N–H and O–H groups in total. The Morgan fingerprint density at radius 3 is 2.29 bits per heavy atom. The summed E-state index contributed by atoms with van der Waals surface area (Å²) in [7, 11) is -3.27. The Balaban J connectivity index is 1.37. The van der Waals surface area contributed by atoms with Crippen LogP contribution in [-0.4, -0.2) is 57.0 Å². The second-order valence-electron chi connectivity index (χ2n) is 6.82. The van der Waals surface area contributed by atoms with Crippen LogP contribution in [0.1, 0.15) is 17.5 Å². The van der Waals surface area contributed by atoms with Gasteiger partial charge in [0.15, 0.2) is 0 Å². The quantitative estimate of drug-likeness (QED) is 0.638. The van der Waals surface area contributed by atoms with Gasteiger partial charge in [-0.25, -0.2) is 8.42 Å². The first kappa shape index (κ1) is 20.3. The molecule has 0 aromatic heterocycles. The Morgan fingerprint density at radius 2 is 1.64 bits per heavy atom. The Bertz CT molecular complexity index is 885. The van der Waals surface area contributed by atoms with Crippen LogP contribution in [0.3, 0.4) is 0 Å². The number of piperazine rings is 1. The van der Waals surface area contributed by atoms with E-state index in [0.717, 1.165) is 37.4 Å². The van der Waals surface area contributed by atoms with Gasteiger partial charge in [0.25, 0.3) is 0 Å². The molecule has 0 radical (unpaired) electrons. The number of benzene rings is 2. The van der Waals surface area contributed by atoms with E-state index in [1.807, 2.05) is 30.3 Å². The van der Waals surface area contributed by atoms with Crippen LogP contribution >= 0.6 is 0 Å². The topological polar surface area (TPSA) is 73.6 Å². The molecule has 1 aliphatic heterocycles. The molecule has 148 valence electrons. The Morgan fingerprint density at radius 1 is 0.964 bits per heavy atom. The van der Waals surface area contributed by atoms with Crippen molar-refractivity contribution in [3.63, 3.8) is 0 Å². The van der Waals surface area contributed by atoms with E-state index in [2.05, 4.69) is 11.0 Å². The van der Waals surface area contributed by atoms with Gasteiger partial charge in [-0.2, -0.15) is 9.57 Å². The smallest absolute Gasteiger partial charge is 0.218 e. The van der Waals surface area contributed by atoms with E-state index in [1.54, 1.807) is 28.6 Å². The van der Waals surface area contributed by atoms with Gasteiger partial charge in [-0.05, 0) is 36.2 Å². The summed E-state index contributed by atoms with van der Waals surface area (Å²) in [4.78, 5) is 2.27. The largest absolute Gasteiger partial charge is 0.494 e. The van der Waals surface area contributed by atoms with Gasteiger partial charge in [-0.3, -0.25) is 0 Å². The first-order valence-corrected chi connectivity index (χ1v) is 11.0. The number of rotatable bonds is 8. The first-order chi connectivity index (χ1) is 13.6. The maximum absolute atomic E-state index is 12.6. The zero-order valence-corrected chi connectivity index (χ0v) is 16.6. The van der Waals surface area contributed by atoms with Crippen LogP contribution in [0.25, 0.3) is 0 Å². The molecule has 28 heavy (non-hydrogen) atoms. The number of hydrogen-bond donors (Lipinski definition) is 0. The van der Waals surface area contributed by atoms with Gasteiger partial charge in [0.1, 0.15) is 5.75 Å². The summed E-state index contributed by atoms with van der Waals surface area (Å²) in [5.74, 6) is 0.822. The Labute approximate surface area is 167 Å². The summed E-state index contributed by atoms with van der Waals surface area (Å²) >= 11 is 0. The van der Waals surface area contributed by atoms with Gasteiger partial charge in [0.2, 0.25) is 10.0 Å². The van der Waals surface area contributed by atoms with E-state index in [4.69, 9.17) is 10.00 Å². The Kier molecular flexibility index (Phi) is 7.04. The number of nitrogens with zero attached hydrogens (tertiary/aromatic N) is 3. The second kappa shape index (κ2) is 9.69. The molecule has 0 saturated carbocycles. The zero-order chi connectivity index (χ0) is 19.8. The lowest BCUT2D eigenvalue weighted by molar-refractivity contribution is 0.174. The predicted molar refractivity (Wildman–Crippen MR) is 108 cm³/mol. The van der Waals surface area contributed by atoms with Gasteiger partial charge in [0, 0.05) is 32.7 Å². The van der Waals surface area contributed by atoms with Gasteiger partial charge < -0.3 is 9.64 Å². The molecule has 7 heteroatoms. The van der Waals surface area contributed by atoms with Crippen molar-refractivity contribution in [1.29, 1.82) is 5.26 Å². The Hall–Kier alpha value is -2.40. The number of sulfonamides is 1. The van der Waals surface area contributed by atoms with Gasteiger partial charge in [-0.1, -0.05) is 30.3 Å². The molecule has 1 aliphatic rings. The van der Waals surface area contributed by atoms with Crippen LogP contribution in [0.5, 0.6) is 5.75 Å². The minimum atomic E-state index is -3.27. The lowest BCUT2D eigenvalue weighted by Gasteiger charge is -2.34. The van der Waals surface area contributed by atoms with Crippen molar-refractivity contribution in [2.45, 2.75) is 12.2 Å². The third-order valence-corrected chi connectivity index (χ3v) is 6.64. The fraction of sp³-hybridized carbons (Fsp3) is 0.381. The van der Waals surface area contributed by atoms with Crippen molar-refractivity contribution in [3.05, 3.63) is 65.7 Å². The molecule has 1 saturated heterocycles. The molecule has 0 atom stereocenters. The lowest BCUT2D eigenvalue weighted by Crippen LogP contribution is -2.49. The molecule has 2 aromatic carbocycles. The fourth-order valence-corrected chi connectivity index (χ4v) is 4.73. The van der Waals surface area contributed by atoms with Crippen LogP contribution in [-0.2, 0) is 15.8 Å². The SMILES string of the molecule is N#Cc1ccc(OCCCN2CCN(S(=O)(=O)Cc3ccccc3)CC2)cc1. The maximum Gasteiger partial charge on any atom is 0.218 e. The summed E-state index contributed by atoms with van der Waals surface area (Å²) < 4.78 is 32.5. The minimum Gasteiger partial charge on any atom is -0.494 e. The van der Waals surface area contributed by atoms with Gasteiger partial charge in [0.05, 0.1) is 24.0 Å². The summed E-state index contributed by atoms with van der Waals surface area (Å²) in [5.41, 5.74) is 1.44. The third-order valence-electron chi connectivity index (χ3n) is 4.79. The fourth-order valence-electron chi connectivity index (χ4n) is 3.21. The van der Waals surface area contributed by atoms with Crippen LogP contribution in [0.2, 0.25) is 0 Å². The third kappa shape index (κ3) is 5.80. The number of nitriles is 1. The van der Waals surface area contributed by atoms with Crippen LogP contribution < -0.4 is 4.74 Å². The highest BCUT2D eigenvalue weighted by Gasteiger charge is 2.26. The van der Waals surface area contributed by atoms with Crippen molar-refractivity contribution < 1.29 is 13.2 Å². The molecular weight excluding hydrogens is 374 g/mol. The molecule has 0 unspecified atom stereocenters. The molecule has 6 nitrogen and oxygen atoms in total. The van der Waals surface area contributed by atoms with E-state index >= 15 is 0 Å². The van der Waals surface area contributed by atoms with E-state index in [-0.39, 0.29) is 5.75 Å². The minimum absolute atomic E-state index is 0.0618.